The Morgan fingerprint density at radius 1 is 1.25 bits per heavy atom. The Balaban J connectivity index is 2.22. The van der Waals surface area contributed by atoms with Gasteiger partial charge in [0.05, 0.1) is 0 Å². The highest BCUT2D eigenvalue weighted by Gasteiger charge is 2.49. The average Bonchev–Trinajstić information content (AvgIpc) is 3.31. The predicted molar refractivity (Wildman–Crippen MR) is 99.5 cm³/mol. The van der Waals surface area contributed by atoms with E-state index >= 15 is 0 Å². The number of esters is 1. The number of nitrogens with zero attached hydrogens (tertiary/aromatic N) is 1. The maximum Gasteiger partial charge on any atom is 0.330 e. The molecule has 9 heteroatoms. The van der Waals surface area contributed by atoms with Crippen LogP contribution in [0, 0.1) is 17.8 Å². The minimum Gasteiger partial charge on any atom is -0.479 e. The Kier molecular flexibility index (Phi) is 6.37. The minimum atomic E-state index is -1.81. The SMILES string of the molecule is CC(C)(C)OC(=O)C(CC1CC1)C(=O)N(N)C(C)(CC1CCNC1=O)C(=O)O. The maximum absolute atomic E-state index is 13.1. The zero-order valence-electron chi connectivity index (χ0n) is 17.0. The van der Waals surface area contributed by atoms with E-state index in [0.717, 1.165) is 12.8 Å². The van der Waals surface area contributed by atoms with Crippen LogP contribution in [-0.2, 0) is 23.9 Å². The lowest BCUT2D eigenvalue weighted by Gasteiger charge is -2.37. The standard InChI is InChI=1S/C19H31N3O6/c1-18(2,3)28-16(25)13(9-11-5-6-11)15(24)22(20)19(4,17(26)27)10-12-7-8-21-14(12)23/h11-13H,5-10,20H2,1-4H3,(H,21,23)(H,26,27). The van der Waals surface area contributed by atoms with E-state index in [4.69, 9.17) is 10.6 Å². The Morgan fingerprint density at radius 2 is 1.86 bits per heavy atom. The Labute approximate surface area is 164 Å². The molecule has 1 saturated carbocycles. The zero-order valence-corrected chi connectivity index (χ0v) is 17.0. The first-order chi connectivity index (χ1) is 12.8. The highest BCUT2D eigenvalue weighted by Crippen LogP contribution is 2.37. The van der Waals surface area contributed by atoms with E-state index in [1.54, 1.807) is 20.8 Å². The number of rotatable bonds is 8. The Bertz CT molecular complexity index is 655. The number of nitrogens with two attached hydrogens (primary N) is 1. The molecule has 4 N–H and O–H groups in total. The van der Waals surface area contributed by atoms with E-state index in [9.17, 15) is 24.3 Å². The first-order valence-electron chi connectivity index (χ1n) is 9.68. The fraction of sp³-hybridized carbons (Fsp3) is 0.789. The van der Waals surface area contributed by atoms with Crippen molar-refractivity contribution in [3.05, 3.63) is 0 Å². The van der Waals surface area contributed by atoms with Crippen LogP contribution in [0.3, 0.4) is 0 Å². The third kappa shape index (κ3) is 5.21. The first kappa shape index (κ1) is 22.1. The fourth-order valence-corrected chi connectivity index (χ4v) is 3.38. The molecule has 0 aromatic carbocycles. The van der Waals surface area contributed by atoms with E-state index in [1.807, 2.05) is 0 Å². The summed E-state index contributed by atoms with van der Waals surface area (Å²) in [5.41, 5.74) is -2.59. The monoisotopic (exact) mass is 397 g/mol. The van der Waals surface area contributed by atoms with Crippen molar-refractivity contribution < 1.29 is 29.0 Å². The van der Waals surface area contributed by atoms with Gasteiger partial charge in [0, 0.05) is 12.5 Å². The van der Waals surface area contributed by atoms with Crippen molar-refractivity contribution >= 4 is 23.8 Å². The van der Waals surface area contributed by atoms with Gasteiger partial charge in [-0.05, 0) is 52.9 Å². The molecule has 0 bridgehead atoms. The predicted octanol–water partition coefficient (Wildman–Crippen LogP) is 0.816. The van der Waals surface area contributed by atoms with E-state index < -0.39 is 40.8 Å². The summed E-state index contributed by atoms with van der Waals surface area (Å²) in [6, 6.07) is 0. The average molecular weight is 397 g/mol. The zero-order chi connectivity index (χ0) is 21.3. The second-order valence-corrected chi connectivity index (χ2v) is 9.03. The van der Waals surface area contributed by atoms with Crippen LogP contribution in [0.25, 0.3) is 0 Å². The second-order valence-electron chi connectivity index (χ2n) is 9.03. The molecule has 1 heterocycles. The van der Waals surface area contributed by atoms with Crippen molar-refractivity contribution in [2.24, 2.45) is 23.6 Å². The van der Waals surface area contributed by atoms with Gasteiger partial charge in [0.1, 0.15) is 11.5 Å². The molecule has 2 fully saturated rings. The number of aliphatic carboxylic acids is 1. The summed E-state index contributed by atoms with van der Waals surface area (Å²) < 4.78 is 5.37. The number of carboxylic acid groups (broad SMARTS) is 1. The quantitative estimate of drug-likeness (QED) is 0.181. The number of nitrogens with one attached hydrogen (secondary N) is 1. The smallest absolute Gasteiger partial charge is 0.330 e. The molecule has 3 unspecified atom stereocenters. The molecular formula is C19H31N3O6. The number of carboxylic acids is 1. The number of carbonyl (C=O) groups excluding carboxylic acids is 3. The van der Waals surface area contributed by atoms with Crippen LogP contribution in [-0.4, -0.2) is 51.6 Å². The van der Waals surface area contributed by atoms with Crippen LogP contribution < -0.4 is 11.2 Å². The van der Waals surface area contributed by atoms with Gasteiger partial charge < -0.3 is 15.2 Å². The molecule has 0 spiro atoms. The first-order valence-corrected chi connectivity index (χ1v) is 9.68. The van der Waals surface area contributed by atoms with Crippen molar-refractivity contribution in [2.45, 2.75) is 70.9 Å². The van der Waals surface area contributed by atoms with Crippen molar-refractivity contribution in [2.75, 3.05) is 6.54 Å². The van der Waals surface area contributed by atoms with Gasteiger partial charge in [-0.2, -0.15) is 0 Å². The fourth-order valence-electron chi connectivity index (χ4n) is 3.38. The van der Waals surface area contributed by atoms with Crippen LogP contribution in [0.1, 0.15) is 59.8 Å². The summed E-state index contributed by atoms with van der Waals surface area (Å²) in [5, 5.41) is 13.1. The lowest BCUT2D eigenvalue weighted by atomic mass is 9.86. The summed E-state index contributed by atoms with van der Waals surface area (Å²) in [6.07, 6.45) is 2.45. The van der Waals surface area contributed by atoms with E-state index in [1.165, 1.54) is 6.92 Å². The van der Waals surface area contributed by atoms with Crippen LogP contribution in [0.5, 0.6) is 0 Å². The van der Waals surface area contributed by atoms with Gasteiger partial charge in [0.2, 0.25) is 5.91 Å². The van der Waals surface area contributed by atoms with Crippen LogP contribution in [0.15, 0.2) is 0 Å². The largest absolute Gasteiger partial charge is 0.479 e. The van der Waals surface area contributed by atoms with Gasteiger partial charge in [-0.1, -0.05) is 12.8 Å². The van der Waals surface area contributed by atoms with Gasteiger partial charge in [-0.25, -0.2) is 10.6 Å². The molecule has 2 aliphatic rings. The Hall–Kier alpha value is -2.16. The van der Waals surface area contributed by atoms with Crippen LogP contribution in [0.4, 0.5) is 0 Å². The van der Waals surface area contributed by atoms with Gasteiger partial charge in [-0.3, -0.25) is 19.4 Å². The summed E-state index contributed by atoms with van der Waals surface area (Å²) in [7, 11) is 0. The molecule has 158 valence electrons. The van der Waals surface area contributed by atoms with Crippen LogP contribution in [0.2, 0.25) is 0 Å². The third-order valence-electron chi connectivity index (χ3n) is 5.29. The minimum absolute atomic E-state index is 0.124. The highest BCUT2D eigenvalue weighted by atomic mass is 16.6. The van der Waals surface area contributed by atoms with Crippen molar-refractivity contribution in [1.82, 2.24) is 10.3 Å². The molecule has 2 rings (SSSR count). The third-order valence-corrected chi connectivity index (χ3v) is 5.29. The molecule has 1 aliphatic heterocycles. The van der Waals surface area contributed by atoms with Crippen molar-refractivity contribution in [3.8, 4) is 0 Å². The van der Waals surface area contributed by atoms with Crippen molar-refractivity contribution in [1.29, 1.82) is 0 Å². The number of carbonyl (C=O) groups is 4. The summed E-state index contributed by atoms with van der Waals surface area (Å²) in [4.78, 5) is 49.6. The number of hydrazine groups is 1. The highest BCUT2D eigenvalue weighted by molar-refractivity contribution is 6.00. The van der Waals surface area contributed by atoms with Crippen LogP contribution >= 0.6 is 0 Å². The molecule has 0 radical (unpaired) electrons. The summed E-state index contributed by atoms with van der Waals surface area (Å²) >= 11 is 0. The normalized spacial score (nSPS) is 22.8. The molecule has 0 aromatic rings. The molecule has 0 aromatic heterocycles. The molecule has 28 heavy (non-hydrogen) atoms. The molecule has 1 saturated heterocycles. The summed E-state index contributed by atoms with van der Waals surface area (Å²) in [6.45, 7) is 6.86. The second kappa shape index (κ2) is 8.06. The van der Waals surface area contributed by atoms with Gasteiger partial charge >= 0.3 is 11.9 Å². The number of hydrogen-bond donors (Lipinski definition) is 3. The molecule has 1 aliphatic carbocycles. The molecule has 3 atom stereocenters. The van der Waals surface area contributed by atoms with Gasteiger partial charge in [0.25, 0.3) is 5.91 Å². The van der Waals surface area contributed by atoms with E-state index in [-0.39, 0.29) is 24.7 Å². The van der Waals surface area contributed by atoms with E-state index in [2.05, 4.69) is 5.32 Å². The maximum atomic E-state index is 13.1. The summed E-state index contributed by atoms with van der Waals surface area (Å²) in [5.74, 6) is 1.43. The number of ether oxygens (including phenoxy) is 1. The number of hydrogen-bond acceptors (Lipinski definition) is 6. The van der Waals surface area contributed by atoms with Gasteiger partial charge in [0.15, 0.2) is 5.54 Å². The topological polar surface area (TPSA) is 139 Å². The van der Waals surface area contributed by atoms with Crippen molar-refractivity contribution in [3.63, 3.8) is 0 Å². The van der Waals surface area contributed by atoms with E-state index in [0.29, 0.717) is 18.0 Å². The molecule has 9 nitrogen and oxygen atoms in total. The van der Waals surface area contributed by atoms with Gasteiger partial charge in [-0.15, -0.1) is 0 Å². The lowest BCUT2D eigenvalue weighted by Crippen LogP contribution is -2.62. The Morgan fingerprint density at radius 3 is 2.29 bits per heavy atom. The molecule has 2 amide bonds. The molecular weight excluding hydrogens is 366 g/mol. The lowest BCUT2D eigenvalue weighted by molar-refractivity contribution is -0.172. The number of amides is 2.